The first-order chi connectivity index (χ1) is 7.38. The van der Waals surface area contributed by atoms with E-state index in [0.717, 1.165) is 0 Å². The van der Waals surface area contributed by atoms with Crippen molar-refractivity contribution in [3.05, 3.63) is 0 Å². The van der Waals surface area contributed by atoms with Gasteiger partial charge in [0.1, 0.15) is 0 Å². The van der Waals surface area contributed by atoms with Gasteiger partial charge in [-0.05, 0) is 38.5 Å². The average Bonchev–Trinajstić information content (AvgIpc) is 2.49. The lowest BCUT2D eigenvalue weighted by Crippen LogP contribution is -2.38. The Bertz CT molecular complexity index is 203. The SMILES string of the molecule is CC(CCCC(F)(F)F)NC1CCCC1C. The highest BCUT2D eigenvalue weighted by Crippen LogP contribution is 2.26. The summed E-state index contributed by atoms with van der Waals surface area (Å²) in [7, 11) is 0. The number of nitrogens with one attached hydrogen (secondary N) is 1. The Kier molecular flexibility index (Phi) is 5.09. The summed E-state index contributed by atoms with van der Waals surface area (Å²) < 4.78 is 35.9. The second kappa shape index (κ2) is 5.89. The predicted octanol–water partition coefficient (Wildman–Crippen LogP) is 3.89. The summed E-state index contributed by atoms with van der Waals surface area (Å²) in [6.45, 7) is 4.20. The lowest BCUT2D eigenvalue weighted by molar-refractivity contribution is -0.135. The van der Waals surface area contributed by atoms with Crippen LogP contribution in [0.3, 0.4) is 0 Å². The first kappa shape index (κ1) is 13.8. The molecular weight excluding hydrogens is 215 g/mol. The first-order valence-corrected chi connectivity index (χ1v) is 6.21. The summed E-state index contributed by atoms with van der Waals surface area (Å²) in [4.78, 5) is 0. The molecule has 0 aromatic heterocycles. The van der Waals surface area contributed by atoms with Crippen molar-refractivity contribution in [3.8, 4) is 0 Å². The Balaban J connectivity index is 2.13. The van der Waals surface area contributed by atoms with Crippen molar-refractivity contribution >= 4 is 0 Å². The van der Waals surface area contributed by atoms with Crippen LogP contribution in [0.5, 0.6) is 0 Å². The van der Waals surface area contributed by atoms with Crippen LogP contribution in [-0.2, 0) is 0 Å². The predicted molar refractivity (Wildman–Crippen MR) is 59.3 cm³/mol. The molecule has 4 heteroatoms. The minimum atomic E-state index is -4.00. The summed E-state index contributed by atoms with van der Waals surface area (Å²) in [6.07, 6.45) is -0.146. The molecule has 1 saturated carbocycles. The standard InChI is InChI=1S/C12H22F3N/c1-9-5-3-7-11(9)16-10(2)6-4-8-12(13,14)15/h9-11,16H,3-8H2,1-2H3. The van der Waals surface area contributed by atoms with Gasteiger partial charge in [-0.25, -0.2) is 0 Å². The van der Waals surface area contributed by atoms with Gasteiger partial charge in [0.2, 0.25) is 0 Å². The van der Waals surface area contributed by atoms with Gasteiger partial charge in [-0.1, -0.05) is 13.3 Å². The van der Waals surface area contributed by atoms with Crippen molar-refractivity contribution in [1.82, 2.24) is 5.32 Å². The van der Waals surface area contributed by atoms with Crippen molar-refractivity contribution in [2.45, 2.75) is 70.6 Å². The molecule has 0 heterocycles. The first-order valence-electron chi connectivity index (χ1n) is 6.21. The third-order valence-corrected chi connectivity index (χ3v) is 3.46. The molecule has 0 aromatic rings. The molecule has 0 spiro atoms. The lowest BCUT2D eigenvalue weighted by Gasteiger charge is -2.23. The van der Waals surface area contributed by atoms with Crippen LogP contribution in [0.2, 0.25) is 0 Å². The topological polar surface area (TPSA) is 12.0 Å². The van der Waals surface area contributed by atoms with E-state index in [1.54, 1.807) is 0 Å². The van der Waals surface area contributed by atoms with E-state index in [1.165, 1.54) is 19.3 Å². The fourth-order valence-electron chi connectivity index (χ4n) is 2.45. The van der Waals surface area contributed by atoms with Gasteiger partial charge in [-0.3, -0.25) is 0 Å². The monoisotopic (exact) mass is 237 g/mol. The summed E-state index contributed by atoms with van der Waals surface area (Å²) in [5.74, 6) is 0.671. The maximum absolute atomic E-state index is 12.0. The molecule has 1 aliphatic rings. The molecule has 0 aliphatic heterocycles. The van der Waals surface area contributed by atoms with E-state index in [2.05, 4.69) is 12.2 Å². The fourth-order valence-corrected chi connectivity index (χ4v) is 2.45. The Morgan fingerprint density at radius 2 is 2.00 bits per heavy atom. The van der Waals surface area contributed by atoms with Crippen molar-refractivity contribution < 1.29 is 13.2 Å². The Morgan fingerprint density at radius 1 is 1.31 bits per heavy atom. The minimum Gasteiger partial charge on any atom is -0.311 e. The van der Waals surface area contributed by atoms with Crippen LogP contribution in [0.4, 0.5) is 13.2 Å². The Labute approximate surface area is 95.8 Å². The summed E-state index contributed by atoms with van der Waals surface area (Å²) >= 11 is 0. The van der Waals surface area contributed by atoms with Gasteiger partial charge >= 0.3 is 6.18 Å². The molecule has 1 fully saturated rings. The van der Waals surface area contributed by atoms with Crippen molar-refractivity contribution in [1.29, 1.82) is 0 Å². The number of alkyl halides is 3. The number of hydrogen-bond donors (Lipinski definition) is 1. The second-order valence-corrected chi connectivity index (χ2v) is 5.09. The van der Waals surface area contributed by atoms with Crippen LogP contribution < -0.4 is 5.32 Å². The van der Waals surface area contributed by atoms with E-state index in [4.69, 9.17) is 0 Å². The molecule has 3 unspecified atom stereocenters. The average molecular weight is 237 g/mol. The van der Waals surface area contributed by atoms with E-state index >= 15 is 0 Å². The number of halogens is 3. The fraction of sp³-hybridized carbons (Fsp3) is 1.00. The summed E-state index contributed by atoms with van der Waals surface area (Å²) in [5, 5.41) is 3.45. The normalized spacial score (nSPS) is 28.3. The molecule has 0 amide bonds. The maximum Gasteiger partial charge on any atom is 0.389 e. The Hall–Kier alpha value is -0.250. The minimum absolute atomic E-state index is 0.202. The van der Waals surface area contributed by atoms with Crippen LogP contribution >= 0.6 is 0 Å². The van der Waals surface area contributed by atoms with Crippen molar-refractivity contribution in [3.63, 3.8) is 0 Å². The third-order valence-electron chi connectivity index (χ3n) is 3.46. The van der Waals surface area contributed by atoms with E-state index in [9.17, 15) is 13.2 Å². The molecule has 1 aliphatic carbocycles. The second-order valence-electron chi connectivity index (χ2n) is 5.09. The summed E-state index contributed by atoms with van der Waals surface area (Å²) in [5.41, 5.74) is 0. The van der Waals surface area contributed by atoms with E-state index in [1.807, 2.05) is 6.92 Å². The molecule has 1 nitrogen and oxygen atoms in total. The highest BCUT2D eigenvalue weighted by atomic mass is 19.4. The van der Waals surface area contributed by atoms with Crippen molar-refractivity contribution in [2.75, 3.05) is 0 Å². The van der Waals surface area contributed by atoms with Gasteiger partial charge < -0.3 is 5.32 Å². The van der Waals surface area contributed by atoms with Gasteiger partial charge in [-0.15, -0.1) is 0 Å². The van der Waals surface area contributed by atoms with Gasteiger partial charge in [-0.2, -0.15) is 13.2 Å². The summed E-state index contributed by atoms with van der Waals surface area (Å²) in [6, 6.07) is 0.716. The Morgan fingerprint density at radius 3 is 2.50 bits per heavy atom. The highest BCUT2D eigenvalue weighted by Gasteiger charge is 2.27. The largest absolute Gasteiger partial charge is 0.389 e. The molecular formula is C12H22F3N. The number of hydrogen-bond acceptors (Lipinski definition) is 1. The molecule has 16 heavy (non-hydrogen) atoms. The maximum atomic E-state index is 12.0. The third kappa shape index (κ3) is 5.19. The zero-order chi connectivity index (χ0) is 12.2. The van der Waals surface area contributed by atoms with E-state index in [0.29, 0.717) is 18.4 Å². The van der Waals surface area contributed by atoms with Gasteiger partial charge in [0.15, 0.2) is 0 Å². The van der Waals surface area contributed by atoms with Crippen molar-refractivity contribution in [2.24, 2.45) is 5.92 Å². The van der Waals surface area contributed by atoms with Crippen LogP contribution in [0.25, 0.3) is 0 Å². The lowest BCUT2D eigenvalue weighted by atomic mass is 10.0. The highest BCUT2D eigenvalue weighted by molar-refractivity contribution is 4.82. The van der Waals surface area contributed by atoms with E-state index < -0.39 is 12.6 Å². The molecule has 96 valence electrons. The molecule has 1 rings (SSSR count). The molecule has 0 aromatic carbocycles. The van der Waals surface area contributed by atoms with Crippen LogP contribution in [-0.4, -0.2) is 18.3 Å². The molecule has 0 radical (unpaired) electrons. The molecule has 0 saturated heterocycles. The molecule has 3 atom stereocenters. The van der Waals surface area contributed by atoms with Gasteiger partial charge in [0, 0.05) is 18.5 Å². The van der Waals surface area contributed by atoms with Gasteiger partial charge in [0.05, 0.1) is 0 Å². The van der Waals surface area contributed by atoms with E-state index in [-0.39, 0.29) is 12.5 Å². The quantitative estimate of drug-likeness (QED) is 0.765. The zero-order valence-electron chi connectivity index (χ0n) is 10.1. The molecule has 0 bridgehead atoms. The zero-order valence-corrected chi connectivity index (χ0v) is 10.1. The van der Waals surface area contributed by atoms with Crippen LogP contribution in [0, 0.1) is 5.92 Å². The smallest absolute Gasteiger partial charge is 0.311 e. The number of rotatable bonds is 5. The molecule has 1 N–H and O–H groups in total. The van der Waals surface area contributed by atoms with Crippen LogP contribution in [0.15, 0.2) is 0 Å². The van der Waals surface area contributed by atoms with Gasteiger partial charge in [0.25, 0.3) is 0 Å². The van der Waals surface area contributed by atoms with Crippen LogP contribution in [0.1, 0.15) is 52.4 Å².